The van der Waals surface area contributed by atoms with Crippen LogP contribution in [0.15, 0.2) is 76.6 Å². The van der Waals surface area contributed by atoms with E-state index in [-0.39, 0.29) is 23.3 Å². The zero-order chi connectivity index (χ0) is 28.7. The van der Waals surface area contributed by atoms with E-state index in [1.807, 2.05) is 34.9 Å². The van der Waals surface area contributed by atoms with Crippen LogP contribution in [0.1, 0.15) is 30.2 Å². The van der Waals surface area contributed by atoms with Crippen LogP contribution in [0.2, 0.25) is 0 Å². The Balaban J connectivity index is 1.25. The number of anilines is 1. The first kappa shape index (κ1) is 27.0. The molecule has 0 atom stereocenters. The van der Waals surface area contributed by atoms with Crippen molar-refractivity contribution < 1.29 is 22.7 Å². The SMILES string of the molecule is CC(C)c1scnc1N1C(=O)CS/C1=N\N=C\c1ccc2c(ccn3c(-c4ccc(OC(F)(F)F)cc4)cnc23)c1. The number of nitrogens with zero attached hydrogens (tertiary/aromatic N) is 6. The van der Waals surface area contributed by atoms with Gasteiger partial charge >= 0.3 is 6.36 Å². The number of halogens is 3. The number of rotatable bonds is 6. The molecule has 0 bridgehead atoms. The maximum atomic E-state index is 12.6. The summed E-state index contributed by atoms with van der Waals surface area (Å²) in [5.41, 5.74) is 4.69. The first-order valence-corrected chi connectivity index (χ1v) is 14.3. The first-order chi connectivity index (χ1) is 19.7. The molecule has 8 nitrogen and oxygen atoms in total. The minimum atomic E-state index is -4.74. The summed E-state index contributed by atoms with van der Waals surface area (Å²) in [5, 5.41) is 10.9. The highest BCUT2D eigenvalue weighted by molar-refractivity contribution is 8.15. The fourth-order valence-electron chi connectivity index (χ4n) is 4.51. The highest BCUT2D eigenvalue weighted by atomic mass is 32.2. The second-order valence-corrected chi connectivity index (χ2v) is 11.2. The Morgan fingerprint density at radius 3 is 2.66 bits per heavy atom. The molecule has 0 saturated carbocycles. The van der Waals surface area contributed by atoms with Gasteiger partial charge in [-0.25, -0.2) is 14.9 Å². The van der Waals surface area contributed by atoms with Crippen molar-refractivity contribution in [2.75, 3.05) is 10.7 Å². The van der Waals surface area contributed by atoms with Gasteiger partial charge in [0.15, 0.2) is 11.0 Å². The summed E-state index contributed by atoms with van der Waals surface area (Å²) < 4.78 is 43.3. The lowest BCUT2D eigenvalue weighted by Gasteiger charge is -2.15. The molecule has 0 unspecified atom stereocenters. The average molecular weight is 595 g/mol. The normalized spacial score (nSPS) is 15.4. The van der Waals surface area contributed by atoms with Crippen molar-refractivity contribution in [3.8, 4) is 17.0 Å². The van der Waals surface area contributed by atoms with Crippen LogP contribution >= 0.6 is 23.1 Å². The van der Waals surface area contributed by atoms with Crippen molar-refractivity contribution in [2.45, 2.75) is 26.1 Å². The standard InChI is InChI=1S/C28H21F3N6O2S2/c1-16(2)24-26(33-15-41-24)37-23(38)14-40-27(37)35-34-12-17-3-8-21-19(11-17)9-10-36-22(13-32-25(21)36)18-4-6-20(7-5-18)39-28(29,30)31/h3-13,15-16H,14H2,1-2H3/b34-12+,35-27-. The molecule has 1 aliphatic rings. The van der Waals surface area contributed by atoms with Gasteiger partial charge < -0.3 is 4.74 Å². The Labute approximate surface area is 240 Å². The van der Waals surface area contributed by atoms with Gasteiger partial charge in [-0.1, -0.05) is 31.7 Å². The fourth-order valence-corrected chi connectivity index (χ4v) is 6.10. The van der Waals surface area contributed by atoms with Crippen LogP contribution in [-0.2, 0) is 4.79 Å². The van der Waals surface area contributed by atoms with Gasteiger partial charge in [-0.05, 0) is 59.3 Å². The van der Waals surface area contributed by atoms with Gasteiger partial charge in [0, 0.05) is 17.1 Å². The molecule has 0 aliphatic carbocycles. The number of thiazole rings is 1. The monoisotopic (exact) mass is 594 g/mol. The van der Waals surface area contributed by atoms with Crippen LogP contribution in [0, 0.1) is 0 Å². The van der Waals surface area contributed by atoms with Gasteiger partial charge in [-0.3, -0.25) is 9.20 Å². The number of imidazole rings is 1. The lowest BCUT2D eigenvalue weighted by atomic mass is 10.1. The number of pyridine rings is 1. The number of carbonyl (C=O) groups is 1. The summed E-state index contributed by atoms with van der Waals surface area (Å²) in [6.45, 7) is 4.12. The maximum Gasteiger partial charge on any atom is 0.573 e. The van der Waals surface area contributed by atoms with Crippen molar-refractivity contribution in [2.24, 2.45) is 10.2 Å². The number of alkyl halides is 3. The zero-order valence-corrected chi connectivity index (χ0v) is 23.3. The molecule has 1 aliphatic heterocycles. The van der Waals surface area contributed by atoms with Crippen LogP contribution in [-0.4, -0.2) is 43.8 Å². The molecular weight excluding hydrogens is 573 g/mol. The second-order valence-electron chi connectivity index (χ2n) is 9.41. The summed E-state index contributed by atoms with van der Waals surface area (Å²) >= 11 is 2.85. The van der Waals surface area contributed by atoms with Gasteiger partial charge in [0.25, 0.3) is 0 Å². The number of thioether (sulfide) groups is 1. The summed E-state index contributed by atoms with van der Waals surface area (Å²) in [7, 11) is 0. The van der Waals surface area contributed by atoms with E-state index in [2.05, 4.69) is 38.8 Å². The molecular formula is C28H21F3N6O2S2. The molecule has 41 heavy (non-hydrogen) atoms. The number of fused-ring (bicyclic) bond motifs is 3. The summed E-state index contributed by atoms with van der Waals surface area (Å²) in [6, 6.07) is 13.4. The van der Waals surface area contributed by atoms with E-state index < -0.39 is 6.36 Å². The van der Waals surface area contributed by atoms with E-state index >= 15 is 0 Å². The van der Waals surface area contributed by atoms with Crippen LogP contribution < -0.4 is 9.64 Å². The van der Waals surface area contributed by atoms with E-state index in [9.17, 15) is 18.0 Å². The summed E-state index contributed by atoms with van der Waals surface area (Å²) in [4.78, 5) is 24.1. The molecule has 5 aromatic rings. The highest BCUT2D eigenvalue weighted by Gasteiger charge is 2.34. The quantitative estimate of drug-likeness (QED) is 0.155. The molecule has 6 rings (SSSR count). The molecule has 1 fully saturated rings. The number of hydrogen-bond donors (Lipinski definition) is 0. The maximum absolute atomic E-state index is 12.6. The molecule has 4 heterocycles. The predicted molar refractivity (Wildman–Crippen MR) is 156 cm³/mol. The third kappa shape index (κ3) is 5.42. The molecule has 0 spiro atoms. The van der Waals surface area contributed by atoms with Gasteiger partial charge in [-0.15, -0.1) is 29.6 Å². The molecule has 208 valence electrons. The van der Waals surface area contributed by atoms with Crippen LogP contribution in [0.25, 0.3) is 27.7 Å². The number of aromatic nitrogens is 3. The lowest BCUT2D eigenvalue weighted by molar-refractivity contribution is -0.274. The predicted octanol–water partition coefficient (Wildman–Crippen LogP) is 7.10. The van der Waals surface area contributed by atoms with E-state index in [0.29, 0.717) is 22.2 Å². The Morgan fingerprint density at radius 1 is 1.10 bits per heavy atom. The van der Waals surface area contributed by atoms with E-state index in [4.69, 9.17) is 0 Å². The number of carbonyl (C=O) groups excluding carboxylic acids is 1. The Kier molecular flexibility index (Phi) is 6.99. The molecule has 0 N–H and O–H groups in total. The van der Waals surface area contributed by atoms with Crippen molar-refractivity contribution in [3.05, 3.63) is 76.9 Å². The van der Waals surface area contributed by atoms with E-state index in [0.717, 1.165) is 26.9 Å². The third-order valence-electron chi connectivity index (χ3n) is 6.33. The van der Waals surface area contributed by atoms with Crippen molar-refractivity contribution in [1.29, 1.82) is 0 Å². The van der Waals surface area contributed by atoms with Crippen LogP contribution in [0.3, 0.4) is 0 Å². The average Bonchev–Trinajstić information content (AvgIpc) is 3.66. The van der Waals surface area contributed by atoms with E-state index in [1.54, 1.807) is 30.1 Å². The number of hydrogen-bond acceptors (Lipinski definition) is 8. The zero-order valence-electron chi connectivity index (χ0n) is 21.7. The van der Waals surface area contributed by atoms with Gasteiger partial charge in [-0.2, -0.15) is 5.10 Å². The Bertz CT molecular complexity index is 1830. The summed E-state index contributed by atoms with van der Waals surface area (Å²) in [5.74, 6) is 0.778. The second kappa shape index (κ2) is 10.6. The van der Waals surface area contributed by atoms with Crippen molar-refractivity contribution in [1.82, 2.24) is 14.4 Å². The smallest absolute Gasteiger partial charge is 0.406 e. The number of amidine groups is 1. The van der Waals surface area contributed by atoms with Gasteiger partial charge in [0.05, 0.1) is 34.2 Å². The van der Waals surface area contributed by atoms with Crippen LogP contribution in [0.5, 0.6) is 5.75 Å². The highest BCUT2D eigenvalue weighted by Crippen LogP contribution is 2.35. The molecule has 13 heteroatoms. The number of benzene rings is 2. The first-order valence-electron chi connectivity index (χ1n) is 12.4. The van der Waals surface area contributed by atoms with Crippen LogP contribution in [0.4, 0.5) is 19.0 Å². The van der Waals surface area contributed by atoms with Gasteiger partial charge in [0.2, 0.25) is 5.91 Å². The van der Waals surface area contributed by atoms with Crippen molar-refractivity contribution >= 4 is 62.6 Å². The Hall–Kier alpha value is -4.23. The molecule has 1 amide bonds. The Morgan fingerprint density at radius 2 is 1.90 bits per heavy atom. The van der Waals surface area contributed by atoms with Crippen molar-refractivity contribution in [3.63, 3.8) is 0 Å². The topological polar surface area (TPSA) is 84.5 Å². The summed E-state index contributed by atoms with van der Waals surface area (Å²) in [6.07, 6.45) is 0.428. The number of amides is 1. The fraction of sp³-hybridized carbons (Fsp3) is 0.179. The minimum Gasteiger partial charge on any atom is -0.406 e. The molecule has 1 saturated heterocycles. The van der Waals surface area contributed by atoms with Gasteiger partial charge in [0.1, 0.15) is 11.4 Å². The van der Waals surface area contributed by atoms with E-state index in [1.165, 1.54) is 40.1 Å². The molecule has 2 aromatic carbocycles. The molecule has 0 radical (unpaired) electrons. The lowest BCUT2D eigenvalue weighted by Crippen LogP contribution is -2.30. The number of ether oxygens (including phenoxy) is 1. The largest absolute Gasteiger partial charge is 0.573 e. The minimum absolute atomic E-state index is 0.0730. The third-order valence-corrected chi connectivity index (χ3v) is 8.36. The molecule has 3 aromatic heterocycles.